The number of anilines is 2. The molecule has 0 atom stereocenters. The van der Waals surface area contributed by atoms with Gasteiger partial charge in [-0.1, -0.05) is 19.3 Å². The molecule has 2 aromatic rings. The summed E-state index contributed by atoms with van der Waals surface area (Å²) in [6.45, 7) is 0.851. The molecule has 1 heterocycles. The number of nitrogens with two attached hydrogens (primary N) is 1. The summed E-state index contributed by atoms with van der Waals surface area (Å²) in [6, 6.07) is 8.46. The smallest absolute Gasteiger partial charge is 0.0743 e. The number of pyridine rings is 1. The Morgan fingerprint density at radius 2 is 2.00 bits per heavy atom. The highest BCUT2D eigenvalue weighted by Crippen LogP contribution is 2.32. The summed E-state index contributed by atoms with van der Waals surface area (Å²) in [5.41, 5.74) is 8.68. The largest absolute Gasteiger partial charge is 0.399 e. The average Bonchev–Trinajstić information content (AvgIpc) is 2.53. The molecular weight excluding hydrogens is 262 g/mol. The van der Waals surface area contributed by atoms with Crippen LogP contribution in [0.5, 0.6) is 0 Å². The Morgan fingerprint density at radius 1 is 1.19 bits per heavy atom. The van der Waals surface area contributed by atoms with Crippen molar-refractivity contribution >= 4 is 22.3 Å². The SMILES string of the molecule is Nc1ccc2c(N(CCO)C3CCCCC3)ccnc2c1. The molecule has 0 aliphatic heterocycles. The van der Waals surface area contributed by atoms with Crippen LogP contribution in [-0.4, -0.2) is 29.3 Å². The van der Waals surface area contributed by atoms with Crippen LogP contribution in [-0.2, 0) is 0 Å². The molecule has 0 bridgehead atoms. The minimum atomic E-state index is 0.176. The second-order valence-corrected chi connectivity index (χ2v) is 5.82. The zero-order valence-corrected chi connectivity index (χ0v) is 12.3. The van der Waals surface area contributed by atoms with Gasteiger partial charge < -0.3 is 15.7 Å². The van der Waals surface area contributed by atoms with Crippen LogP contribution in [0.4, 0.5) is 11.4 Å². The Kier molecular flexibility index (Phi) is 4.25. The number of benzene rings is 1. The van der Waals surface area contributed by atoms with E-state index in [-0.39, 0.29) is 6.61 Å². The highest BCUT2D eigenvalue weighted by Gasteiger charge is 2.22. The lowest BCUT2D eigenvalue weighted by molar-refractivity contribution is 0.290. The van der Waals surface area contributed by atoms with Crippen molar-refractivity contribution in [1.29, 1.82) is 0 Å². The van der Waals surface area contributed by atoms with E-state index in [1.165, 1.54) is 37.8 Å². The first kappa shape index (κ1) is 14.1. The number of hydrogen-bond donors (Lipinski definition) is 2. The molecule has 4 heteroatoms. The lowest BCUT2D eigenvalue weighted by atomic mass is 9.93. The number of aliphatic hydroxyl groups is 1. The van der Waals surface area contributed by atoms with E-state index in [0.717, 1.165) is 16.6 Å². The maximum Gasteiger partial charge on any atom is 0.0743 e. The van der Waals surface area contributed by atoms with Crippen LogP contribution in [0.2, 0.25) is 0 Å². The Labute approximate surface area is 125 Å². The Hall–Kier alpha value is -1.81. The quantitative estimate of drug-likeness (QED) is 0.848. The maximum atomic E-state index is 9.47. The van der Waals surface area contributed by atoms with Crippen molar-refractivity contribution in [2.24, 2.45) is 0 Å². The molecule has 0 amide bonds. The van der Waals surface area contributed by atoms with Gasteiger partial charge in [0.25, 0.3) is 0 Å². The van der Waals surface area contributed by atoms with E-state index in [1.54, 1.807) is 0 Å². The standard InChI is InChI=1S/C17H23N3O/c18-13-6-7-15-16(12-13)19-9-8-17(15)20(10-11-21)14-4-2-1-3-5-14/h6-9,12,14,21H,1-5,10-11,18H2. The number of hydrogen-bond acceptors (Lipinski definition) is 4. The highest BCUT2D eigenvalue weighted by atomic mass is 16.3. The monoisotopic (exact) mass is 285 g/mol. The van der Waals surface area contributed by atoms with Crippen molar-refractivity contribution in [1.82, 2.24) is 4.98 Å². The number of nitrogens with zero attached hydrogens (tertiary/aromatic N) is 2. The molecule has 1 aromatic heterocycles. The van der Waals surface area contributed by atoms with Crippen LogP contribution >= 0.6 is 0 Å². The lowest BCUT2D eigenvalue weighted by Crippen LogP contribution is -2.39. The van der Waals surface area contributed by atoms with Crippen LogP contribution in [0, 0.1) is 0 Å². The van der Waals surface area contributed by atoms with E-state index >= 15 is 0 Å². The van der Waals surface area contributed by atoms with Gasteiger partial charge in [0.05, 0.1) is 12.1 Å². The fraction of sp³-hybridized carbons (Fsp3) is 0.471. The zero-order chi connectivity index (χ0) is 14.7. The van der Waals surface area contributed by atoms with Gasteiger partial charge in [-0.25, -0.2) is 0 Å². The summed E-state index contributed by atoms with van der Waals surface area (Å²) in [6.07, 6.45) is 8.14. The minimum Gasteiger partial charge on any atom is -0.399 e. The van der Waals surface area contributed by atoms with E-state index < -0.39 is 0 Å². The molecule has 0 radical (unpaired) electrons. The first-order valence-corrected chi connectivity index (χ1v) is 7.81. The van der Waals surface area contributed by atoms with E-state index in [1.807, 2.05) is 24.4 Å². The topological polar surface area (TPSA) is 62.4 Å². The Balaban J connectivity index is 2.02. The van der Waals surface area contributed by atoms with Gasteiger partial charge in [0, 0.05) is 35.5 Å². The van der Waals surface area contributed by atoms with Gasteiger partial charge in [-0.3, -0.25) is 4.98 Å². The van der Waals surface area contributed by atoms with Crippen molar-refractivity contribution in [3.8, 4) is 0 Å². The number of fused-ring (bicyclic) bond motifs is 1. The summed E-state index contributed by atoms with van der Waals surface area (Å²) in [5.74, 6) is 0. The third-order valence-electron chi connectivity index (χ3n) is 4.41. The van der Waals surface area contributed by atoms with Crippen LogP contribution in [0.15, 0.2) is 30.5 Å². The molecule has 21 heavy (non-hydrogen) atoms. The fourth-order valence-electron chi connectivity index (χ4n) is 3.40. The van der Waals surface area contributed by atoms with Gasteiger partial charge in [-0.2, -0.15) is 0 Å². The van der Waals surface area contributed by atoms with Gasteiger partial charge in [0.15, 0.2) is 0 Å². The van der Waals surface area contributed by atoms with Gasteiger partial charge in [-0.05, 0) is 37.1 Å². The second-order valence-electron chi connectivity index (χ2n) is 5.82. The Bertz CT molecular complexity index is 608. The molecule has 0 unspecified atom stereocenters. The summed E-state index contributed by atoms with van der Waals surface area (Å²) >= 11 is 0. The summed E-state index contributed by atoms with van der Waals surface area (Å²) in [7, 11) is 0. The summed E-state index contributed by atoms with van der Waals surface area (Å²) in [5, 5.41) is 10.6. The molecule has 0 spiro atoms. The number of rotatable bonds is 4. The third kappa shape index (κ3) is 2.95. The zero-order valence-electron chi connectivity index (χ0n) is 12.3. The van der Waals surface area contributed by atoms with Crippen molar-refractivity contribution in [3.63, 3.8) is 0 Å². The van der Waals surface area contributed by atoms with Gasteiger partial charge in [0.2, 0.25) is 0 Å². The second kappa shape index (κ2) is 6.31. The first-order valence-electron chi connectivity index (χ1n) is 7.81. The molecule has 1 fully saturated rings. The van der Waals surface area contributed by atoms with E-state index in [2.05, 4.69) is 16.0 Å². The molecular formula is C17H23N3O. The lowest BCUT2D eigenvalue weighted by Gasteiger charge is -2.36. The van der Waals surface area contributed by atoms with Gasteiger partial charge in [0.1, 0.15) is 0 Å². The molecule has 0 saturated heterocycles. The van der Waals surface area contributed by atoms with Crippen molar-refractivity contribution in [3.05, 3.63) is 30.5 Å². The van der Waals surface area contributed by atoms with Gasteiger partial charge >= 0.3 is 0 Å². The van der Waals surface area contributed by atoms with E-state index in [4.69, 9.17) is 5.73 Å². The van der Waals surface area contributed by atoms with Crippen LogP contribution in [0.25, 0.3) is 10.9 Å². The van der Waals surface area contributed by atoms with Crippen molar-refractivity contribution < 1.29 is 5.11 Å². The van der Waals surface area contributed by atoms with Crippen LogP contribution in [0.3, 0.4) is 0 Å². The summed E-state index contributed by atoms with van der Waals surface area (Å²) in [4.78, 5) is 6.78. The highest BCUT2D eigenvalue weighted by molar-refractivity contribution is 5.93. The predicted octanol–water partition coefficient (Wildman–Crippen LogP) is 2.95. The van der Waals surface area contributed by atoms with E-state index in [9.17, 15) is 5.11 Å². The fourth-order valence-corrected chi connectivity index (χ4v) is 3.40. The maximum absolute atomic E-state index is 9.47. The number of nitrogen functional groups attached to an aromatic ring is 1. The Morgan fingerprint density at radius 3 is 2.76 bits per heavy atom. The summed E-state index contributed by atoms with van der Waals surface area (Å²) < 4.78 is 0. The molecule has 3 N–H and O–H groups in total. The third-order valence-corrected chi connectivity index (χ3v) is 4.41. The van der Waals surface area contributed by atoms with E-state index in [0.29, 0.717) is 12.6 Å². The minimum absolute atomic E-state index is 0.176. The average molecular weight is 285 g/mol. The number of aliphatic hydroxyl groups excluding tert-OH is 1. The molecule has 112 valence electrons. The number of aromatic nitrogens is 1. The van der Waals surface area contributed by atoms with Crippen LogP contribution < -0.4 is 10.6 Å². The molecule has 1 aliphatic carbocycles. The van der Waals surface area contributed by atoms with Crippen molar-refractivity contribution in [2.45, 2.75) is 38.1 Å². The molecule has 4 nitrogen and oxygen atoms in total. The molecule has 1 saturated carbocycles. The van der Waals surface area contributed by atoms with Crippen LogP contribution in [0.1, 0.15) is 32.1 Å². The van der Waals surface area contributed by atoms with Gasteiger partial charge in [-0.15, -0.1) is 0 Å². The first-order chi connectivity index (χ1) is 10.3. The molecule has 1 aliphatic rings. The predicted molar refractivity (Wildman–Crippen MR) is 87.5 cm³/mol. The van der Waals surface area contributed by atoms with Crippen molar-refractivity contribution in [2.75, 3.05) is 23.8 Å². The normalized spacial score (nSPS) is 16.2. The molecule has 3 rings (SSSR count). The molecule has 1 aromatic carbocycles.